The third-order valence-corrected chi connectivity index (χ3v) is 5.89. The number of thiophene rings is 1. The van der Waals surface area contributed by atoms with Gasteiger partial charge in [-0.2, -0.15) is 23.1 Å². The fourth-order valence-corrected chi connectivity index (χ4v) is 4.03. The second-order valence-corrected chi connectivity index (χ2v) is 8.05. The van der Waals surface area contributed by atoms with Crippen LogP contribution < -0.4 is 15.4 Å². The molecule has 0 spiro atoms. The standard InChI is InChI=1S/C18H22F3N5O3S/c1-3-11-8-12-15(23-17(24-16(12)30-11)29-10(2)14(22)28)26-6-4-25(5-7-26)13(27)9-18(19,20)21/h8,10H,3-7,9H2,1-2H3,(H2,22,28). The molecule has 1 unspecified atom stereocenters. The van der Waals surface area contributed by atoms with E-state index in [0.717, 1.165) is 16.7 Å². The number of nitrogens with zero attached hydrogens (tertiary/aromatic N) is 4. The van der Waals surface area contributed by atoms with Crippen LogP contribution in [0, 0.1) is 0 Å². The second-order valence-electron chi connectivity index (χ2n) is 6.94. The van der Waals surface area contributed by atoms with Crippen molar-refractivity contribution < 1.29 is 27.5 Å². The molecule has 2 amide bonds. The molecule has 1 aliphatic heterocycles. The average Bonchev–Trinajstić information content (AvgIpc) is 3.09. The largest absolute Gasteiger partial charge is 0.450 e. The highest BCUT2D eigenvalue weighted by atomic mass is 32.1. The van der Waals surface area contributed by atoms with Gasteiger partial charge in [0.25, 0.3) is 5.91 Å². The fourth-order valence-electron chi connectivity index (χ4n) is 3.07. The summed E-state index contributed by atoms with van der Waals surface area (Å²) >= 11 is 1.47. The predicted octanol–water partition coefficient (Wildman–Crippen LogP) is 2.11. The number of fused-ring (bicyclic) bond motifs is 1. The smallest absolute Gasteiger partial charge is 0.397 e. The maximum Gasteiger partial charge on any atom is 0.397 e. The Balaban J connectivity index is 1.83. The van der Waals surface area contributed by atoms with Crippen molar-refractivity contribution in [3.05, 3.63) is 10.9 Å². The van der Waals surface area contributed by atoms with Crippen LogP contribution in [0.1, 0.15) is 25.1 Å². The molecule has 3 rings (SSSR count). The maximum absolute atomic E-state index is 12.5. The number of carbonyl (C=O) groups excluding carboxylic acids is 2. The Morgan fingerprint density at radius 1 is 1.27 bits per heavy atom. The number of aromatic nitrogens is 2. The average molecular weight is 445 g/mol. The van der Waals surface area contributed by atoms with Crippen LogP contribution in [-0.2, 0) is 16.0 Å². The molecule has 0 bridgehead atoms. The van der Waals surface area contributed by atoms with Crippen LogP contribution in [0.3, 0.4) is 0 Å². The summed E-state index contributed by atoms with van der Waals surface area (Å²) in [6.07, 6.45) is -6.10. The first-order valence-corrected chi connectivity index (χ1v) is 10.2. The normalized spacial score (nSPS) is 16.0. The zero-order chi connectivity index (χ0) is 22.1. The number of ether oxygens (including phenoxy) is 1. The SMILES string of the molecule is CCc1cc2c(N3CCN(C(=O)CC(F)(F)F)CC3)nc(OC(C)C(N)=O)nc2s1. The quantitative estimate of drug-likeness (QED) is 0.731. The van der Waals surface area contributed by atoms with Crippen molar-refractivity contribution in [2.24, 2.45) is 5.73 Å². The van der Waals surface area contributed by atoms with Crippen molar-refractivity contribution in [1.82, 2.24) is 14.9 Å². The number of primary amides is 1. The Morgan fingerprint density at radius 2 is 1.93 bits per heavy atom. The molecule has 2 N–H and O–H groups in total. The molecule has 0 aromatic carbocycles. The number of aryl methyl sites for hydroxylation is 1. The molecule has 3 heterocycles. The summed E-state index contributed by atoms with van der Waals surface area (Å²) in [5, 5.41) is 0.797. The highest BCUT2D eigenvalue weighted by Gasteiger charge is 2.35. The van der Waals surface area contributed by atoms with Crippen molar-refractivity contribution in [2.45, 2.75) is 39.0 Å². The minimum atomic E-state index is -4.52. The number of halogens is 3. The number of alkyl halides is 3. The number of amides is 2. The number of nitrogens with two attached hydrogens (primary N) is 1. The summed E-state index contributed by atoms with van der Waals surface area (Å²) in [7, 11) is 0. The molecule has 1 atom stereocenters. The molecular weight excluding hydrogens is 423 g/mol. The van der Waals surface area contributed by atoms with Gasteiger partial charge in [0.15, 0.2) is 6.10 Å². The highest BCUT2D eigenvalue weighted by Crippen LogP contribution is 2.33. The lowest BCUT2D eigenvalue weighted by Gasteiger charge is -2.35. The van der Waals surface area contributed by atoms with Crippen molar-refractivity contribution in [2.75, 3.05) is 31.1 Å². The molecule has 1 fully saturated rings. The molecule has 8 nitrogen and oxygen atoms in total. The van der Waals surface area contributed by atoms with Gasteiger partial charge in [-0.25, -0.2) is 0 Å². The van der Waals surface area contributed by atoms with Gasteiger partial charge in [0, 0.05) is 31.1 Å². The van der Waals surface area contributed by atoms with Gasteiger partial charge in [0.1, 0.15) is 17.1 Å². The molecule has 0 saturated carbocycles. The van der Waals surface area contributed by atoms with Crippen LogP contribution in [0.4, 0.5) is 19.0 Å². The van der Waals surface area contributed by atoms with E-state index in [4.69, 9.17) is 10.5 Å². The molecule has 12 heteroatoms. The van der Waals surface area contributed by atoms with Crippen LogP contribution in [-0.4, -0.2) is 65.1 Å². The van der Waals surface area contributed by atoms with E-state index in [1.54, 1.807) is 0 Å². The van der Waals surface area contributed by atoms with E-state index in [2.05, 4.69) is 9.97 Å². The number of rotatable bonds is 6. The van der Waals surface area contributed by atoms with E-state index < -0.39 is 30.5 Å². The van der Waals surface area contributed by atoms with Crippen LogP contribution in [0.15, 0.2) is 6.07 Å². The number of hydrogen-bond donors (Lipinski definition) is 1. The van der Waals surface area contributed by atoms with Crippen LogP contribution in [0.2, 0.25) is 0 Å². The van der Waals surface area contributed by atoms with E-state index in [1.165, 1.54) is 23.2 Å². The molecule has 2 aromatic heterocycles. The molecule has 30 heavy (non-hydrogen) atoms. The van der Waals surface area contributed by atoms with Gasteiger partial charge in [-0.1, -0.05) is 6.92 Å². The van der Waals surface area contributed by atoms with Crippen molar-refractivity contribution >= 4 is 39.2 Å². The van der Waals surface area contributed by atoms with Gasteiger partial charge in [-0.05, 0) is 19.4 Å². The van der Waals surface area contributed by atoms with Crippen LogP contribution >= 0.6 is 11.3 Å². The molecular formula is C18H22F3N5O3S. The molecule has 164 valence electrons. The van der Waals surface area contributed by atoms with Gasteiger partial charge < -0.3 is 20.3 Å². The third-order valence-electron chi connectivity index (χ3n) is 4.72. The number of anilines is 1. The first-order chi connectivity index (χ1) is 14.1. The van der Waals surface area contributed by atoms with Crippen molar-refractivity contribution in [1.29, 1.82) is 0 Å². The summed E-state index contributed by atoms with van der Waals surface area (Å²) in [5.74, 6) is -1.03. The minimum absolute atomic E-state index is 0.00359. The monoisotopic (exact) mass is 445 g/mol. The van der Waals surface area contributed by atoms with Gasteiger partial charge in [-0.15, -0.1) is 11.3 Å². The number of hydrogen-bond acceptors (Lipinski definition) is 7. The fraction of sp³-hybridized carbons (Fsp3) is 0.556. The highest BCUT2D eigenvalue weighted by molar-refractivity contribution is 7.18. The van der Waals surface area contributed by atoms with Gasteiger partial charge in [0.2, 0.25) is 5.91 Å². The topological polar surface area (TPSA) is 102 Å². The predicted molar refractivity (Wildman–Crippen MR) is 106 cm³/mol. The van der Waals surface area contributed by atoms with Gasteiger partial charge in [0.05, 0.1) is 5.39 Å². The third kappa shape index (κ3) is 5.10. The van der Waals surface area contributed by atoms with E-state index in [1.807, 2.05) is 17.9 Å². The Hall–Kier alpha value is -2.63. The Kier molecular flexibility index (Phi) is 6.34. The molecule has 2 aromatic rings. The van der Waals surface area contributed by atoms with Crippen LogP contribution in [0.5, 0.6) is 6.01 Å². The summed E-state index contributed by atoms with van der Waals surface area (Å²) in [6, 6.07) is 1.97. The summed E-state index contributed by atoms with van der Waals surface area (Å²) in [4.78, 5) is 36.8. The molecule has 1 aliphatic rings. The zero-order valence-corrected chi connectivity index (χ0v) is 17.3. The van der Waals surface area contributed by atoms with Crippen molar-refractivity contribution in [3.8, 4) is 6.01 Å². The molecule has 0 radical (unpaired) electrons. The van der Waals surface area contributed by atoms with Gasteiger partial charge in [-0.3, -0.25) is 9.59 Å². The lowest BCUT2D eigenvalue weighted by molar-refractivity contribution is -0.161. The van der Waals surface area contributed by atoms with E-state index in [0.29, 0.717) is 23.7 Å². The summed E-state index contributed by atoms with van der Waals surface area (Å²) < 4.78 is 43.0. The lowest BCUT2D eigenvalue weighted by atomic mass is 10.2. The van der Waals surface area contributed by atoms with Gasteiger partial charge >= 0.3 is 12.2 Å². The summed E-state index contributed by atoms with van der Waals surface area (Å²) in [6.45, 7) is 4.44. The van der Waals surface area contributed by atoms with E-state index in [9.17, 15) is 22.8 Å². The Labute approximate surface area is 174 Å². The molecule has 0 aliphatic carbocycles. The number of carbonyl (C=O) groups is 2. The van der Waals surface area contributed by atoms with E-state index >= 15 is 0 Å². The van der Waals surface area contributed by atoms with Crippen molar-refractivity contribution in [3.63, 3.8) is 0 Å². The molecule has 1 saturated heterocycles. The summed E-state index contributed by atoms with van der Waals surface area (Å²) in [5.41, 5.74) is 5.25. The Bertz CT molecular complexity index is 941. The Morgan fingerprint density at radius 3 is 2.50 bits per heavy atom. The first kappa shape index (κ1) is 22.1. The minimum Gasteiger partial charge on any atom is -0.450 e. The first-order valence-electron chi connectivity index (χ1n) is 9.43. The second kappa shape index (κ2) is 8.62. The lowest BCUT2D eigenvalue weighted by Crippen LogP contribution is -2.49. The zero-order valence-electron chi connectivity index (χ0n) is 16.5. The van der Waals surface area contributed by atoms with E-state index in [-0.39, 0.29) is 19.1 Å². The maximum atomic E-state index is 12.5. The number of piperazine rings is 1. The van der Waals surface area contributed by atoms with Crippen LogP contribution in [0.25, 0.3) is 10.2 Å².